The van der Waals surface area contributed by atoms with Crippen LogP contribution in [-0.2, 0) is 4.74 Å². The summed E-state index contributed by atoms with van der Waals surface area (Å²) in [5.74, 6) is 1.80. The zero-order chi connectivity index (χ0) is 16.2. The van der Waals surface area contributed by atoms with E-state index in [0.29, 0.717) is 13.1 Å². The maximum Gasteiger partial charge on any atom is 0.410 e. The first kappa shape index (κ1) is 20.3. The predicted molar refractivity (Wildman–Crippen MR) is 103 cm³/mol. The summed E-state index contributed by atoms with van der Waals surface area (Å²) in [6.07, 6.45) is 5.10. The van der Waals surface area contributed by atoms with Crippen molar-refractivity contribution in [1.82, 2.24) is 15.5 Å². The molecule has 2 N–H and O–H groups in total. The van der Waals surface area contributed by atoms with E-state index in [2.05, 4.69) is 15.6 Å². The molecule has 0 bridgehead atoms. The van der Waals surface area contributed by atoms with Gasteiger partial charge in [0.15, 0.2) is 5.96 Å². The van der Waals surface area contributed by atoms with Gasteiger partial charge in [0.05, 0.1) is 6.04 Å². The molecule has 1 aliphatic heterocycles. The molecular weight excluding hydrogens is 407 g/mol. The molecule has 0 aromatic rings. The fraction of sp³-hybridized carbons (Fsp3) is 0.875. The van der Waals surface area contributed by atoms with E-state index in [0.717, 1.165) is 18.4 Å². The van der Waals surface area contributed by atoms with Crippen molar-refractivity contribution in [1.29, 1.82) is 0 Å². The molecule has 1 saturated heterocycles. The zero-order valence-electron chi connectivity index (χ0n) is 14.7. The minimum atomic E-state index is -0.436. The number of hydrogen-bond acceptors (Lipinski definition) is 3. The molecule has 0 aromatic carbocycles. The third-order valence-corrected chi connectivity index (χ3v) is 3.88. The molecule has 0 spiro atoms. The van der Waals surface area contributed by atoms with Gasteiger partial charge in [-0.25, -0.2) is 4.79 Å². The molecule has 0 atom stereocenters. The maximum atomic E-state index is 11.9. The second kappa shape index (κ2) is 8.94. The monoisotopic (exact) mass is 438 g/mol. The lowest BCUT2D eigenvalue weighted by Crippen LogP contribution is -2.63. The average molecular weight is 438 g/mol. The Morgan fingerprint density at radius 2 is 1.96 bits per heavy atom. The van der Waals surface area contributed by atoms with E-state index in [1.165, 1.54) is 25.7 Å². The minimum Gasteiger partial charge on any atom is -0.444 e. The zero-order valence-corrected chi connectivity index (χ0v) is 17.1. The lowest BCUT2D eigenvalue weighted by Gasteiger charge is -2.40. The number of nitrogens with zero attached hydrogens (tertiary/aromatic N) is 2. The standard InChI is InChI=1S/C16H30N4O2.HI/c1-16(2,3)22-15(21)20-10-13(11-20)19-14(17-4)18-9-5-6-12-7-8-12;/h12-13H,5-11H2,1-4H3,(H2,17,18,19);1H. The summed E-state index contributed by atoms with van der Waals surface area (Å²) in [6.45, 7) is 7.93. The predicted octanol–water partition coefficient (Wildman–Crippen LogP) is 2.58. The van der Waals surface area contributed by atoms with Gasteiger partial charge in [-0.3, -0.25) is 4.99 Å². The molecule has 134 valence electrons. The quantitative estimate of drug-likeness (QED) is 0.300. The third kappa shape index (κ3) is 7.58. The van der Waals surface area contributed by atoms with E-state index in [1.807, 2.05) is 20.8 Å². The summed E-state index contributed by atoms with van der Waals surface area (Å²) in [6, 6.07) is 0.252. The van der Waals surface area contributed by atoms with E-state index < -0.39 is 5.60 Å². The first-order valence-electron chi connectivity index (χ1n) is 8.32. The summed E-state index contributed by atoms with van der Waals surface area (Å²) in [4.78, 5) is 17.8. The molecule has 2 fully saturated rings. The lowest BCUT2D eigenvalue weighted by molar-refractivity contribution is 0.00701. The normalized spacial score (nSPS) is 18.8. The van der Waals surface area contributed by atoms with Crippen molar-refractivity contribution >= 4 is 36.0 Å². The Labute approximate surface area is 156 Å². The first-order valence-corrected chi connectivity index (χ1v) is 8.32. The van der Waals surface area contributed by atoms with Crippen LogP contribution < -0.4 is 10.6 Å². The van der Waals surface area contributed by atoms with Crippen LogP contribution in [0.25, 0.3) is 0 Å². The Kier molecular flexibility index (Phi) is 7.89. The van der Waals surface area contributed by atoms with Crippen molar-refractivity contribution in [2.45, 2.75) is 58.1 Å². The van der Waals surface area contributed by atoms with Crippen LogP contribution in [0.15, 0.2) is 4.99 Å². The summed E-state index contributed by atoms with van der Waals surface area (Å²) < 4.78 is 5.34. The van der Waals surface area contributed by atoms with Gasteiger partial charge in [-0.05, 0) is 39.5 Å². The van der Waals surface area contributed by atoms with Gasteiger partial charge in [-0.1, -0.05) is 12.8 Å². The van der Waals surface area contributed by atoms with Crippen LogP contribution >= 0.6 is 24.0 Å². The van der Waals surface area contributed by atoms with Crippen molar-refractivity contribution in [2.24, 2.45) is 10.9 Å². The summed E-state index contributed by atoms with van der Waals surface area (Å²) in [7, 11) is 1.78. The van der Waals surface area contributed by atoms with Gasteiger partial charge in [-0.15, -0.1) is 24.0 Å². The Balaban J connectivity index is 0.00000264. The highest BCUT2D eigenvalue weighted by Crippen LogP contribution is 2.33. The molecule has 1 heterocycles. The van der Waals surface area contributed by atoms with Crippen molar-refractivity contribution in [3.05, 3.63) is 0 Å². The molecule has 1 amide bonds. The molecular formula is C16H31IN4O2. The van der Waals surface area contributed by atoms with Crippen molar-refractivity contribution in [3.63, 3.8) is 0 Å². The number of aliphatic imine (C=N–C) groups is 1. The Morgan fingerprint density at radius 3 is 2.48 bits per heavy atom. The van der Waals surface area contributed by atoms with Crippen LogP contribution in [0.1, 0.15) is 46.5 Å². The number of ether oxygens (including phenoxy) is 1. The highest BCUT2D eigenvalue weighted by atomic mass is 127. The topological polar surface area (TPSA) is 66.0 Å². The van der Waals surface area contributed by atoms with Gasteiger partial charge < -0.3 is 20.3 Å². The molecule has 0 unspecified atom stereocenters. The third-order valence-electron chi connectivity index (χ3n) is 3.88. The van der Waals surface area contributed by atoms with Crippen molar-refractivity contribution < 1.29 is 9.53 Å². The number of guanidine groups is 1. The number of carbonyl (C=O) groups excluding carboxylic acids is 1. The molecule has 0 radical (unpaired) electrons. The smallest absolute Gasteiger partial charge is 0.410 e. The Morgan fingerprint density at radius 1 is 1.30 bits per heavy atom. The van der Waals surface area contributed by atoms with E-state index >= 15 is 0 Å². The number of nitrogens with one attached hydrogen (secondary N) is 2. The maximum absolute atomic E-state index is 11.9. The SMILES string of the molecule is CN=C(NCCCC1CC1)NC1CN(C(=O)OC(C)(C)C)C1.I. The number of halogens is 1. The largest absolute Gasteiger partial charge is 0.444 e. The fourth-order valence-electron chi connectivity index (χ4n) is 2.44. The summed E-state index contributed by atoms with van der Waals surface area (Å²) in [5, 5.41) is 6.68. The van der Waals surface area contributed by atoms with Crippen molar-refractivity contribution in [3.8, 4) is 0 Å². The lowest BCUT2D eigenvalue weighted by atomic mass is 10.1. The Bertz CT molecular complexity index is 413. The van der Waals surface area contributed by atoms with E-state index in [9.17, 15) is 4.79 Å². The molecule has 1 saturated carbocycles. The van der Waals surface area contributed by atoms with Crippen LogP contribution in [0.4, 0.5) is 4.79 Å². The van der Waals surface area contributed by atoms with Crippen LogP contribution in [0, 0.1) is 5.92 Å². The number of carbonyl (C=O) groups is 1. The van der Waals surface area contributed by atoms with Crippen LogP contribution in [0.5, 0.6) is 0 Å². The molecule has 0 aromatic heterocycles. The van der Waals surface area contributed by atoms with Gasteiger partial charge in [0.1, 0.15) is 5.60 Å². The van der Waals surface area contributed by atoms with Gasteiger partial charge in [0.25, 0.3) is 0 Å². The Hall–Kier alpha value is -0.730. The van der Waals surface area contributed by atoms with Crippen LogP contribution in [-0.4, -0.2) is 55.3 Å². The number of hydrogen-bond donors (Lipinski definition) is 2. The summed E-state index contributed by atoms with van der Waals surface area (Å²) in [5.41, 5.74) is -0.436. The highest BCUT2D eigenvalue weighted by Gasteiger charge is 2.34. The highest BCUT2D eigenvalue weighted by molar-refractivity contribution is 14.0. The average Bonchev–Trinajstić information content (AvgIpc) is 3.17. The second-order valence-corrected chi connectivity index (χ2v) is 7.31. The fourth-order valence-corrected chi connectivity index (χ4v) is 2.44. The second-order valence-electron chi connectivity index (χ2n) is 7.31. The van der Waals surface area contributed by atoms with Crippen molar-refractivity contribution in [2.75, 3.05) is 26.7 Å². The van der Waals surface area contributed by atoms with Gasteiger partial charge in [0.2, 0.25) is 0 Å². The number of amides is 1. The van der Waals surface area contributed by atoms with Crippen LogP contribution in [0.2, 0.25) is 0 Å². The van der Waals surface area contributed by atoms with E-state index in [-0.39, 0.29) is 36.1 Å². The molecule has 7 heteroatoms. The summed E-state index contributed by atoms with van der Waals surface area (Å²) >= 11 is 0. The molecule has 2 aliphatic rings. The van der Waals surface area contributed by atoms with E-state index in [4.69, 9.17) is 4.74 Å². The minimum absolute atomic E-state index is 0. The molecule has 2 rings (SSSR count). The first-order chi connectivity index (χ1) is 10.4. The van der Waals surface area contributed by atoms with E-state index in [1.54, 1.807) is 11.9 Å². The van der Waals surface area contributed by atoms with Gasteiger partial charge >= 0.3 is 6.09 Å². The number of rotatable bonds is 5. The molecule has 1 aliphatic carbocycles. The number of likely N-dealkylation sites (tertiary alicyclic amines) is 1. The van der Waals surface area contributed by atoms with Crippen LogP contribution in [0.3, 0.4) is 0 Å². The molecule has 6 nitrogen and oxygen atoms in total. The van der Waals surface area contributed by atoms with Gasteiger partial charge in [-0.2, -0.15) is 0 Å². The van der Waals surface area contributed by atoms with Gasteiger partial charge in [0, 0.05) is 26.7 Å². The molecule has 23 heavy (non-hydrogen) atoms.